The van der Waals surface area contributed by atoms with Crippen LogP contribution in [0.25, 0.3) is 11.1 Å². The number of phenolic OH excluding ortho intramolecular Hbond substituents is 2. The van der Waals surface area contributed by atoms with Gasteiger partial charge in [-0.25, -0.2) is 8.78 Å². The van der Waals surface area contributed by atoms with E-state index in [0.717, 1.165) is 23.3 Å². The molecule has 0 aliphatic rings. The van der Waals surface area contributed by atoms with Gasteiger partial charge in [0.15, 0.2) is 0 Å². The fraction of sp³-hybridized carbons (Fsp3) is 0. The first-order valence-electron chi connectivity index (χ1n) is 6.99. The van der Waals surface area contributed by atoms with Crippen LogP contribution in [0, 0.1) is 24.0 Å². The molecule has 0 aliphatic heterocycles. The van der Waals surface area contributed by atoms with Crippen LogP contribution in [0.2, 0.25) is 0 Å². The average Bonchev–Trinajstić information content (AvgIpc) is 2.57. The molecular weight excluding hydrogens is 310 g/mol. The van der Waals surface area contributed by atoms with E-state index in [9.17, 15) is 8.78 Å². The molecule has 0 saturated heterocycles. The number of hydrogen-bond donors (Lipinski definition) is 2. The summed E-state index contributed by atoms with van der Waals surface area (Å²) in [5, 5.41) is 18.2. The number of aromatic hydroxyl groups is 2. The van der Waals surface area contributed by atoms with E-state index < -0.39 is 11.6 Å². The number of phenols is 2. The zero-order valence-electron chi connectivity index (χ0n) is 12.6. The van der Waals surface area contributed by atoms with Crippen molar-refractivity contribution in [2.75, 3.05) is 0 Å². The smallest absolute Gasteiger partial charge is 0.141 e. The van der Waals surface area contributed by atoms with Gasteiger partial charge in [0.25, 0.3) is 0 Å². The number of halogens is 2. The summed E-state index contributed by atoms with van der Waals surface area (Å²) < 4.78 is 24.6. The van der Waals surface area contributed by atoms with Gasteiger partial charge < -0.3 is 10.2 Å². The predicted molar refractivity (Wildman–Crippen MR) is 89.5 cm³/mol. The second-order valence-corrected chi connectivity index (χ2v) is 4.86. The maximum atomic E-state index is 12.5. The van der Waals surface area contributed by atoms with Gasteiger partial charge in [-0.15, -0.1) is 6.42 Å². The fourth-order valence-electron chi connectivity index (χ4n) is 1.91. The number of benzene rings is 3. The van der Waals surface area contributed by atoms with Crippen molar-refractivity contribution in [3.8, 4) is 35.0 Å². The summed E-state index contributed by atoms with van der Waals surface area (Å²) in [6.07, 6.45) is 4.89. The molecule has 2 N–H and O–H groups in total. The maximum absolute atomic E-state index is 12.5. The second kappa shape index (κ2) is 7.80. The molecule has 3 aromatic carbocycles. The first-order valence-corrected chi connectivity index (χ1v) is 6.99. The van der Waals surface area contributed by atoms with Crippen molar-refractivity contribution in [3.05, 3.63) is 83.9 Å². The Bertz CT molecular complexity index is 805. The number of terminal acetylenes is 1. The molecule has 3 rings (SSSR count). The summed E-state index contributed by atoms with van der Waals surface area (Å²) in [4.78, 5) is 0. The topological polar surface area (TPSA) is 40.5 Å². The van der Waals surface area contributed by atoms with Crippen molar-refractivity contribution < 1.29 is 19.0 Å². The number of rotatable bonds is 1. The van der Waals surface area contributed by atoms with E-state index in [2.05, 4.69) is 5.92 Å². The lowest BCUT2D eigenvalue weighted by Crippen LogP contribution is -1.83. The van der Waals surface area contributed by atoms with Crippen molar-refractivity contribution in [1.82, 2.24) is 0 Å². The van der Waals surface area contributed by atoms with Crippen LogP contribution >= 0.6 is 0 Å². The molecule has 24 heavy (non-hydrogen) atoms. The molecular formula is C20H14F2O2. The van der Waals surface area contributed by atoms with Gasteiger partial charge in [0, 0.05) is 6.07 Å². The van der Waals surface area contributed by atoms with Crippen LogP contribution in [0.1, 0.15) is 5.56 Å². The Labute approximate surface area is 138 Å². The van der Waals surface area contributed by atoms with Crippen LogP contribution < -0.4 is 0 Å². The highest BCUT2D eigenvalue weighted by atomic mass is 19.1. The summed E-state index contributed by atoms with van der Waals surface area (Å²) in [5.74, 6) is 1.29. The Morgan fingerprint density at radius 2 is 1.17 bits per heavy atom. The van der Waals surface area contributed by atoms with Crippen LogP contribution in [0.15, 0.2) is 66.7 Å². The molecule has 0 spiro atoms. The molecule has 0 fully saturated rings. The molecule has 3 aromatic rings. The Morgan fingerprint density at radius 1 is 0.708 bits per heavy atom. The van der Waals surface area contributed by atoms with Gasteiger partial charge in [-0.1, -0.05) is 30.2 Å². The Balaban J connectivity index is 0.000000185. The Hall–Kier alpha value is -3.32. The third-order valence-corrected chi connectivity index (χ3v) is 3.15. The van der Waals surface area contributed by atoms with Gasteiger partial charge >= 0.3 is 0 Å². The molecule has 0 aromatic heterocycles. The van der Waals surface area contributed by atoms with Gasteiger partial charge in [-0.05, 0) is 47.5 Å². The van der Waals surface area contributed by atoms with Crippen molar-refractivity contribution in [2.24, 2.45) is 0 Å². The normalized spacial score (nSPS) is 9.54. The number of hydrogen-bond acceptors (Lipinski definition) is 2. The zero-order chi connectivity index (χ0) is 17.5. The van der Waals surface area contributed by atoms with E-state index >= 15 is 0 Å². The largest absolute Gasteiger partial charge is 0.508 e. The molecule has 120 valence electrons. The van der Waals surface area contributed by atoms with Crippen LogP contribution in [0.4, 0.5) is 8.78 Å². The molecule has 0 saturated carbocycles. The quantitative estimate of drug-likeness (QED) is 0.636. The van der Waals surface area contributed by atoms with E-state index in [1.165, 1.54) is 6.07 Å². The van der Waals surface area contributed by atoms with E-state index in [-0.39, 0.29) is 17.1 Å². The first-order chi connectivity index (χ1) is 11.5. The Morgan fingerprint density at radius 3 is 1.54 bits per heavy atom. The SMILES string of the molecule is C#Cc1ccc(F)cc1F.Oc1ccc(-c2ccc(O)cc2)cc1. The van der Waals surface area contributed by atoms with E-state index in [1.807, 2.05) is 24.3 Å². The van der Waals surface area contributed by atoms with Gasteiger partial charge in [-0.3, -0.25) is 0 Å². The molecule has 0 bridgehead atoms. The molecule has 0 atom stereocenters. The van der Waals surface area contributed by atoms with Crippen molar-refractivity contribution in [2.45, 2.75) is 0 Å². The van der Waals surface area contributed by atoms with Crippen molar-refractivity contribution >= 4 is 0 Å². The lowest BCUT2D eigenvalue weighted by molar-refractivity contribution is 0.474. The fourth-order valence-corrected chi connectivity index (χ4v) is 1.91. The van der Waals surface area contributed by atoms with Crippen LogP contribution in [0.5, 0.6) is 11.5 Å². The second-order valence-electron chi connectivity index (χ2n) is 4.86. The van der Waals surface area contributed by atoms with Crippen LogP contribution in [-0.4, -0.2) is 10.2 Å². The van der Waals surface area contributed by atoms with E-state index in [1.54, 1.807) is 24.3 Å². The van der Waals surface area contributed by atoms with Gasteiger partial charge in [0.2, 0.25) is 0 Å². The average molecular weight is 324 g/mol. The highest BCUT2D eigenvalue weighted by molar-refractivity contribution is 5.64. The lowest BCUT2D eigenvalue weighted by atomic mass is 10.1. The van der Waals surface area contributed by atoms with Crippen LogP contribution in [0.3, 0.4) is 0 Å². The summed E-state index contributed by atoms with van der Waals surface area (Å²) >= 11 is 0. The summed E-state index contributed by atoms with van der Waals surface area (Å²) in [6.45, 7) is 0. The van der Waals surface area contributed by atoms with Crippen molar-refractivity contribution in [1.29, 1.82) is 0 Å². The third kappa shape index (κ3) is 4.59. The minimum Gasteiger partial charge on any atom is -0.508 e. The third-order valence-electron chi connectivity index (χ3n) is 3.15. The molecule has 0 unspecified atom stereocenters. The molecule has 2 nitrogen and oxygen atoms in total. The van der Waals surface area contributed by atoms with Gasteiger partial charge in [0.05, 0.1) is 5.56 Å². The molecule has 0 aliphatic carbocycles. The van der Waals surface area contributed by atoms with Gasteiger partial charge in [-0.2, -0.15) is 0 Å². The standard InChI is InChI=1S/C12H10O2.C8H4F2/c13-11-5-1-9(2-6-11)10-3-7-12(14)8-4-10;1-2-6-3-4-7(9)5-8(6)10/h1-8,13-14H;1,3-5H. The van der Waals surface area contributed by atoms with E-state index in [0.29, 0.717) is 0 Å². The summed E-state index contributed by atoms with van der Waals surface area (Å²) in [5.41, 5.74) is 2.12. The Kier molecular flexibility index (Phi) is 5.54. The van der Waals surface area contributed by atoms with E-state index in [4.69, 9.17) is 16.6 Å². The van der Waals surface area contributed by atoms with Crippen LogP contribution in [-0.2, 0) is 0 Å². The van der Waals surface area contributed by atoms with Gasteiger partial charge in [0.1, 0.15) is 23.1 Å². The first kappa shape index (κ1) is 17.0. The minimum atomic E-state index is -0.692. The highest BCUT2D eigenvalue weighted by Crippen LogP contribution is 2.23. The highest BCUT2D eigenvalue weighted by Gasteiger charge is 1.98. The summed E-state index contributed by atoms with van der Waals surface area (Å²) in [7, 11) is 0. The molecule has 0 amide bonds. The molecule has 4 heteroatoms. The zero-order valence-corrected chi connectivity index (χ0v) is 12.6. The summed E-state index contributed by atoms with van der Waals surface area (Å²) in [6, 6.07) is 17.0. The minimum absolute atomic E-state index is 0.0846. The van der Waals surface area contributed by atoms with Crippen molar-refractivity contribution in [3.63, 3.8) is 0 Å². The molecule has 0 radical (unpaired) electrons. The monoisotopic (exact) mass is 324 g/mol. The predicted octanol–water partition coefficient (Wildman–Crippen LogP) is 4.71. The molecule has 0 heterocycles. The maximum Gasteiger partial charge on any atom is 0.141 e. The lowest BCUT2D eigenvalue weighted by Gasteiger charge is -2.01.